The summed E-state index contributed by atoms with van der Waals surface area (Å²) in [5.74, 6) is -2.05. The van der Waals surface area contributed by atoms with Crippen LogP contribution in [0.5, 0.6) is 0 Å². The molecule has 2 aromatic carbocycles. The fraction of sp³-hybridized carbons (Fsp3) is 0.316. The molecule has 0 amide bonds. The van der Waals surface area contributed by atoms with Crippen LogP contribution < -0.4 is 0 Å². The van der Waals surface area contributed by atoms with Crippen molar-refractivity contribution in [2.45, 2.75) is 30.4 Å². The number of ether oxygens (including phenoxy) is 2. The molecule has 0 spiro atoms. The van der Waals surface area contributed by atoms with Crippen molar-refractivity contribution in [3.8, 4) is 0 Å². The van der Waals surface area contributed by atoms with E-state index in [1.165, 1.54) is 12.1 Å². The van der Waals surface area contributed by atoms with Crippen LogP contribution in [0, 0.1) is 6.92 Å². The molecule has 0 aliphatic carbocycles. The highest BCUT2D eigenvalue weighted by Crippen LogP contribution is 2.32. The Morgan fingerprint density at radius 2 is 1.81 bits per heavy atom. The molecule has 1 aliphatic heterocycles. The summed E-state index contributed by atoms with van der Waals surface area (Å²) in [5.41, 5.74) is 1.31. The molecule has 138 valence electrons. The lowest BCUT2D eigenvalue weighted by atomic mass is 10.2. The molecule has 1 fully saturated rings. The predicted molar refractivity (Wildman–Crippen MR) is 94.1 cm³/mol. The van der Waals surface area contributed by atoms with Gasteiger partial charge in [0, 0.05) is 6.42 Å². The van der Waals surface area contributed by atoms with E-state index < -0.39 is 21.9 Å². The number of hydrogen-bond acceptors (Lipinski definition) is 6. The predicted octanol–water partition coefficient (Wildman–Crippen LogP) is 3.06. The number of aryl methyl sites for hydroxylation is 1. The summed E-state index contributed by atoms with van der Waals surface area (Å²) in [6.45, 7) is 1.90. The summed E-state index contributed by atoms with van der Waals surface area (Å²) in [6.07, 6.45) is 0.937. The first-order valence-corrected chi connectivity index (χ1v) is 9.70. The minimum Gasteiger partial charge on any atom is -0.456 e. The minimum absolute atomic E-state index is 0.0346. The van der Waals surface area contributed by atoms with E-state index in [9.17, 15) is 13.2 Å². The van der Waals surface area contributed by atoms with Gasteiger partial charge >= 0.3 is 5.97 Å². The van der Waals surface area contributed by atoms with Crippen LogP contribution in [0.1, 0.15) is 28.8 Å². The lowest BCUT2D eigenvalue weighted by molar-refractivity contribution is -0.172. The molecule has 0 N–H and O–H groups in total. The van der Waals surface area contributed by atoms with Crippen molar-refractivity contribution in [3.05, 3.63) is 65.7 Å². The SMILES string of the molecule is Cc1ccc(S(=O)(=O)O[C@]2(COC(=O)c3ccccc3)CCCO2)cc1. The van der Waals surface area contributed by atoms with Crippen LogP contribution in [0.4, 0.5) is 0 Å². The van der Waals surface area contributed by atoms with Crippen molar-refractivity contribution in [3.63, 3.8) is 0 Å². The average Bonchev–Trinajstić information content (AvgIpc) is 3.09. The van der Waals surface area contributed by atoms with E-state index in [0.717, 1.165) is 5.56 Å². The van der Waals surface area contributed by atoms with Gasteiger partial charge in [-0.2, -0.15) is 8.42 Å². The summed E-state index contributed by atoms with van der Waals surface area (Å²) in [7, 11) is -4.05. The number of carbonyl (C=O) groups is 1. The van der Waals surface area contributed by atoms with E-state index in [0.29, 0.717) is 25.0 Å². The molecule has 2 aromatic rings. The minimum atomic E-state index is -4.05. The third-order valence-corrected chi connectivity index (χ3v) is 5.44. The maximum absolute atomic E-state index is 12.6. The van der Waals surface area contributed by atoms with Gasteiger partial charge in [0.25, 0.3) is 10.1 Å². The zero-order valence-corrected chi connectivity index (χ0v) is 15.2. The van der Waals surface area contributed by atoms with Gasteiger partial charge in [0.05, 0.1) is 17.1 Å². The highest BCUT2D eigenvalue weighted by atomic mass is 32.2. The molecule has 6 nitrogen and oxygen atoms in total. The van der Waals surface area contributed by atoms with Crippen molar-refractivity contribution in [1.82, 2.24) is 0 Å². The van der Waals surface area contributed by atoms with Gasteiger partial charge in [-0.15, -0.1) is 0 Å². The van der Waals surface area contributed by atoms with E-state index in [1.807, 2.05) is 6.92 Å². The van der Waals surface area contributed by atoms with Crippen molar-refractivity contribution >= 4 is 16.1 Å². The second-order valence-corrected chi connectivity index (χ2v) is 7.70. The molecule has 26 heavy (non-hydrogen) atoms. The fourth-order valence-electron chi connectivity index (χ4n) is 2.66. The van der Waals surface area contributed by atoms with E-state index in [2.05, 4.69) is 0 Å². The molecular formula is C19H20O6S. The molecule has 0 radical (unpaired) electrons. The van der Waals surface area contributed by atoms with Gasteiger partial charge in [-0.3, -0.25) is 0 Å². The monoisotopic (exact) mass is 376 g/mol. The second kappa shape index (κ2) is 7.57. The standard InChI is InChI=1S/C19H20O6S/c1-15-8-10-17(11-9-15)26(21,22)25-19(12-5-13-24-19)14-23-18(20)16-6-3-2-4-7-16/h2-4,6-11H,5,12-14H2,1H3/t19-/m0/s1. The maximum Gasteiger partial charge on any atom is 0.338 e. The molecule has 1 saturated heterocycles. The molecule has 1 aliphatic rings. The Labute approximate surface area is 152 Å². The Morgan fingerprint density at radius 1 is 1.12 bits per heavy atom. The first kappa shape index (κ1) is 18.6. The van der Waals surface area contributed by atoms with E-state index >= 15 is 0 Å². The zero-order valence-electron chi connectivity index (χ0n) is 14.4. The molecular weight excluding hydrogens is 356 g/mol. The molecule has 3 rings (SSSR count). The van der Waals surface area contributed by atoms with Crippen LogP contribution in [-0.4, -0.2) is 33.4 Å². The number of benzene rings is 2. The van der Waals surface area contributed by atoms with E-state index in [-0.39, 0.29) is 11.5 Å². The van der Waals surface area contributed by atoms with Crippen LogP contribution in [-0.2, 0) is 23.8 Å². The van der Waals surface area contributed by atoms with Gasteiger partial charge in [0.15, 0.2) is 0 Å². The Bertz CT molecular complexity index is 853. The van der Waals surface area contributed by atoms with Crippen LogP contribution in [0.25, 0.3) is 0 Å². The number of esters is 1. The van der Waals surface area contributed by atoms with Crippen molar-refractivity contribution in [2.24, 2.45) is 0 Å². The van der Waals surface area contributed by atoms with Crippen LogP contribution in [0.2, 0.25) is 0 Å². The van der Waals surface area contributed by atoms with Crippen LogP contribution in [0.3, 0.4) is 0 Å². The first-order chi connectivity index (χ1) is 12.4. The first-order valence-electron chi connectivity index (χ1n) is 8.29. The van der Waals surface area contributed by atoms with Crippen LogP contribution in [0.15, 0.2) is 59.5 Å². The molecule has 0 bridgehead atoms. The van der Waals surface area contributed by atoms with E-state index in [1.54, 1.807) is 42.5 Å². The molecule has 1 heterocycles. The summed E-state index contributed by atoms with van der Waals surface area (Å²) >= 11 is 0. The lowest BCUT2D eigenvalue weighted by Gasteiger charge is -2.27. The molecule has 0 aromatic heterocycles. The number of carbonyl (C=O) groups excluding carboxylic acids is 1. The summed E-state index contributed by atoms with van der Waals surface area (Å²) < 4.78 is 41.3. The third-order valence-electron chi connectivity index (χ3n) is 4.07. The number of rotatable bonds is 6. The Morgan fingerprint density at radius 3 is 2.42 bits per heavy atom. The topological polar surface area (TPSA) is 78.9 Å². The molecule has 7 heteroatoms. The van der Waals surface area contributed by atoms with Gasteiger partial charge in [-0.1, -0.05) is 35.9 Å². The smallest absolute Gasteiger partial charge is 0.338 e. The maximum atomic E-state index is 12.6. The molecule has 0 unspecified atom stereocenters. The largest absolute Gasteiger partial charge is 0.456 e. The van der Waals surface area contributed by atoms with Crippen molar-refractivity contribution in [1.29, 1.82) is 0 Å². The summed E-state index contributed by atoms with van der Waals surface area (Å²) in [5, 5.41) is 0. The second-order valence-electron chi connectivity index (χ2n) is 6.16. The van der Waals surface area contributed by atoms with Gasteiger partial charge in [-0.05, 0) is 37.6 Å². The molecule has 1 atom stereocenters. The summed E-state index contributed by atoms with van der Waals surface area (Å²) in [4.78, 5) is 12.2. The quantitative estimate of drug-likeness (QED) is 0.569. The summed E-state index contributed by atoms with van der Waals surface area (Å²) in [6, 6.07) is 14.8. The van der Waals surface area contributed by atoms with Crippen molar-refractivity contribution < 1.29 is 26.9 Å². The Hall–Kier alpha value is -2.22. The highest BCUT2D eigenvalue weighted by Gasteiger charge is 2.43. The molecule has 0 saturated carbocycles. The van der Waals surface area contributed by atoms with Gasteiger partial charge in [-0.25, -0.2) is 8.98 Å². The van der Waals surface area contributed by atoms with Gasteiger partial charge < -0.3 is 9.47 Å². The highest BCUT2D eigenvalue weighted by molar-refractivity contribution is 7.86. The number of hydrogen-bond donors (Lipinski definition) is 0. The average molecular weight is 376 g/mol. The van der Waals surface area contributed by atoms with Gasteiger partial charge in [0.2, 0.25) is 5.79 Å². The fourth-order valence-corrected chi connectivity index (χ4v) is 3.81. The Balaban J connectivity index is 1.73. The Kier molecular flexibility index (Phi) is 5.41. The lowest BCUT2D eigenvalue weighted by Crippen LogP contribution is -2.40. The van der Waals surface area contributed by atoms with E-state index in [4.69, 9.17) is 13.7 Å². The normalized spacial score (nSPS) is 20.0. The zero-order chi connectivity index (χ0) is 18.6. The van der Waals surface area contributed by atoms with Crippen molar-refractivity contribution in [2.75, 3.05) is 13.2 Å². The van der Waals surface area contributed by atoms with Crippen LogP contribution >= 0.6 is 0 Å². The third kappa shape index (κ3) is 4.30. The van der Waals surface area contributed by atoms with Gasteiger partial charge in [0.1, 0.15) is 6.61 Å².